The van der Waals surface area contributed by atoms with Gasteiger partial charge in [0.1, 0.15) is 16.3 Å². The van der Waals surface area contributed by atoms with Crippen LogP contribution in [-0.2, 0) is 6.42 Å². The molecule has 0 spiro atoms. The summed E-state index contributed by atoms with van der Waals surface area (Å²) < 4.78 is 5.31. The highest BCUT2D eigenvalue weighted by molar-refractivity contribution is 7.15. The number of hydrogen-bond donors (Lipinski definition) is 1. The number of methoxy groups -OCH3 is 1. The standard InChI is InChI=1S/C17H14N4O4S/c1-25-14-9-5-2-6-11(14)10-15-19-20-17(26-15)18-16(22)12-7-3-4-8-13(12)21(23)24/h2-9H,10H2,1H3,(H,18,20,22). The molecule has 8 nitrogen and oxygen atoms in total. The van der Waals surface area contributed by atoms with Gasteiger partial charge in [-0.15, -0.1) is 10.2 Å². The van der Waals surface area contributed by atoms with E-state index in [2.05, 4.69) is 15.5 Å². The Kier molecular flexibility index (Phi) is 5.18. The van der Waals surface area contributed by atoms with Crippen LogP contribution in [0.4, 0.5) is 10.8 Å². The summed E-state index contributed by atoms with van der Waals surface area (Å²) in [7, 11) is 1.59. The summed E-state index contributed by atoms with van der Waals surface area (Å²) >= 11 is 1.20. The average Bonchev–Trinajstić information content (AvgIpc) is 3.09. The van der Waals surface area contributed by atoms with Crippen LogP contribution in [0.5, 0.6) is 5.75 Å². The number of nitro benzene ring substituents is 1. The summed E-state index contributed by atoms with van der Waals surface area (Å²) in [6, 6.07) is 13.3. The molecule has 3 aromatic rings. The van der Waals surface area contributed by atoms with Crippen molar-refractivity contribution in [2.24, 2.45) is 0 Å². The molecule has 3 rings (SSSR count). The Labute approximate surface area is 152 Å². The van der Waals surface area contributed by atoms with Crippen LogP contribution in [0.2, 0.25) is 0 Å². The quantitative estimate of drug-likeness (QED) is 0.527. The summed E-state index contributed by atoms with van der Waals surface area (Å²) in [6.07, 6.45) is 0.503. The van der Waals surface area contributed by atoms with E-state index in [9.17, 15) is 14.9 Å². The van der Waals surface area contributed by atoms with Gasteiger partial charge >= 0.3 is 0 Å². The summed E-state index contributed by atoms with van der Waals surface area (Å²) in [5.41, 5.74) is 0.658. The van der Waals surface area contributed by atoms with E-state index in [4.69, 9.17) is 4.74 Å². The van der Waals surface area contributed by atoms with E-state index in [1.165, 1.54) is 29.5 Å². The molecule has 0 aliphatic rings. The van der Waals surface area contributed by atoms with Gasteiger partial charge in [-0.2, -0.15) is 0 Å². The van der Waals surface area contributed by atoms with Crippen molar-refractivity contribution in [3.8, 4) is 5.75 Å². The van der Waals surface area contributed by atoms with Gasteiger partial charge in [0.15, 0.2) is 0 Å². The number of carbonyl (C=O) groups is 1. The van der Waals surface area contributed by atoms with Crippen molar-refractivity contribution in [1.82, 2.24) is 10.2 Å². The second-order valence-electron chi connectivity index (χ2n) is 5.22. The van der Waals surface area contributed by atoms with E-state index in [-0.39, 0.29) is 16.4 Å². The maximum atomic E-state index is 12.3. The third kappa shape index (κ3) is 3.83. The Bertz CT molecular complexity index is 957. The lowest BCUT2D eigenvalue weighted by Crippen LogP contribution is -2.13. The first kappa shape index (κ1) is 17.5. The molecule has 0 atom stereocenters. The van der Waals surface area contributed by atoms with Gasteiger partial charge in [-0.3, -0.25) is 20.2 Å². The fourth-order valence-corrected chi connectivity index (χ4v) is 3.13. The smallest absolute Gasteiger partial charge is 0.282 e. The molecule has 0 fully saturated rings. The highest BCUT2D eigenvalue weighted by atomic mass is 32.1. The van der Waals surface area contributed by atoms with Crippen molar-refractivity contribution in [2.45, 2.75) is 6.42 Å². The number of benzene rings is 2. The van der Waals surface area contributed by atoms with Crippen LogP contribution in [0.1, 0.15) is 20.9 Å². The molecule has 1 heterocycles. The fraction of sp³-hybridized carbons (Fsp3) is 0.118. The van der Waals surface area contributed by atoms with Gasteiger partial charge in [0, 0.05) is 18.1 Å². The summed E-state index contributed by atoms with van der Waals surface area (Å²) in [5, 5.41) is 22.5. The van der Waals surface area contributed by atoms with Gasteiger partial charge in [0.25, 0.3) is 11.6 Å². The molecule has 0 unspecified atom stereocenters. The Morgan fingerprint density at radius 3 is 2.69 bits per heavy atom. The Hall–Kier alpha value is -3.33. The molecule has 132 valence electrons. The summed E-state index contributed by atoms with van der Waals surface area (Å²) in [4.78, 5) is 22.8. The fourth-order valence-electron chi connectivity index (χ4n) is 2.38. The first-order chi connectivity index (χ1) is 12.6. The van der Waals surface area contributed by atoms with Crippen LogP contribution < -0.4 is 10.1 Å². The molecule has 1 aromatic heterocycles. The van der Waals surface area contributed by atoms with E-state index in [0.717, 1.165) is 11.3 Å². The molecule has 26 heavy (non-hydrogen) atoms. The zero-order valence-electron chi connectivity index (χ0n) is 13.7. The lowest BCUT2D eigenvalue weighted by molar-refractivity contribution is -0.385. The molecule has 9 heteroatoms. The number of amides is 1. The Morgan fingerprint density at radius 2 is 1.92 bits per heavy atom. The van der Waals surface area contributed by atoms with Crippen molar-refractivity contribution >= 4 is 28.1 Å². The molecule has 0 aliphatic carbocycles. The number of para-hydroxylation sites is 2. The van der Waals surface area contributed by atoms with Crippen LogP contribution in [0.15, 0.2) is 48.5 Å². The third-order valence-electron chi connectivity index (χ3n) is 3.57. The number of aromatic nitrogens is 2. The van der Waals surface area contributed by atoms with Gasteiger partial charge in [-0.1, -0.05) is 41.7 Å². The predicted molar refractivity (Wildman–Crippen MR) is 96.8 cm³/mol. The number of ether oxygens (including phenoxy) is 1. The number of carbonyl (C=O) groups excluding carboxylic acids is 1. The van der Waals surface area contributed by atoms with E-state index >= 15 is 0 Å². The van der Waals surface area contributed by atoms with Crippen molar-refractivity contribution in [1.29, 1.82) is 0 Å². The number of rotatable bonds is 6. The van der Waals surface area contributed by atoms with Crippen molar-refractivity contribution in [3.05, 3.63) is 74.8 Å². The minimum Gasteiger partial charge on any atom is -0.496 e. The Morgan fingerprint density at radius 1 is 1.19 bits per heavy atom. The monoisotopic (exact) mass is 370 g/mol. The number of anilines is 1. The molecule has 1 N–H and O–H groups in total. The SMILES string of the molecule is COc1ccccc1Cc1nnc(NC(=O)c2ccccc2[N+](=O)[O-])s1. The van der Waals surface area contributed by atoms with E-state index in [0.29, 0.717) is 11.4 Å². The molecule has 0 aliphatic heterocycles. The van der Waals surface area contributed by atoms with E-state index in [1.54, 1.807) is 13.2 Å². The maximum Gasteiger partial charge on any atom is 0.282 e. The van der Waals surface area contributed by atoms with Crippen LogP contribution in [-0.4, -0.2) is 28.1 Å². The first-order valence-corrected chi connectivity index (χ1v) is 8.39. The third-order valence-corrected chi connectivity index (χ3v) is 4.41. The largest absolute Gasteiger partial charge is 0.496 e. The van der Waals surface area contributed by atoms with Gasteiger partial charge in [-0.05, 0) is 12.1 Å². The Balaban J connectivity index is 1.75. The molecule has 2 aromatic carbocycles. The lowest BCUT2D eigenvalue weighted by atomic mass is 10.1. The molecule has 0 saturated carbocycles. The van der Waals surface area contributed by atoms with E-state index < -0.39 is 10.8 Å². The number of nitrogens with one attached hydrogen (secondary N) is 1. The minimum atomic E-state index is -0.600. The van der Waals surface area contributed by atoms with Crippen molar-refractivity contribution in [2.75, 3.05) is 12.4 Å². The van der Waals surface area contributed by atoms with Crippen LogP contribution in [0.3, 0.4) is 0 Å². The van der Waals surface area contributed by atoms with Crippen molar-refractivity contribution < 1.29 is 14.5 Å². The highest BCUT2D eigenvalue weighted by Gasteiger charge is 2.20. The molecule has 0 bridgehead atoms. The number of nitro groups is 1. The number of hydrogen-bond acceptors (Lipinski definition) is 7. The zero-order valence-corrected chi connectivity index (χ0v) is 14.5. The van der Waals surface area contributed by atoms with Crippen LogP contribution >= 0.6 is 11.3 Å². The van der Waals surface area contributed by atoms with E-state index in [1.807, 2.05) is 24.3 Å². The van der Waals surface area contributed by atoms with Crippen LogP contribution in [0, 0.1) is 10.1 Å². The average molecular weight is 370 g/mol. The van der Waals surface area contributed by atoms with Gasteiger partial charge in [-0.25, -0.2) is 0 Å². The zero-order chi connectivity index (χ0) is 18.5. The number of nitrogens with zero attached hydrogens (tertiary/aromatic N) is 3. The normalized spacial score (nSPS) is 10.3. The predicted octanol–water partition coefficient (Wildman–Crippen LogP) is 3.30. The molecular formula is C17H14N4O4S. The maximum absolute atomic E-state index is 12.3. The first-order valence-electron chi connectivity index (χ1n) is 7.57. The highest BCUT2D eigenvalue weighted by Crippen LogP contribution is 2.25. The molecule has 0 radical (unpaired) electrons. The summed E-state index contributed by atoms with van der Waals surface area (Å²) in [5.74, 6) is 0.144. The second-order valence-corrected chi connectivity index (χ2v) is 6.28. The van der Waals surface area contributed by atoms with Gasteiger partial charge in [0.05, 0.1) is 12.0 Å². The van der Waals surface area contributed by atoms with Gasteiger partial charge < -0.3 is 4.74 Å². The van der Waals surface area contributed by atoms with Crippen LogP contribution in [0.25, 0.3) is 0 Å². The minimum absolute atomic E-state index is 0.0287. The molecule has 1 amide bonds. The molecular weight excluding hydrogens is 356 g/mol. The second kappa shape index (κ2) is 7.70. The van der Waals surface area contributed by atoms with Gasteiger partial charge in [0.2, 0.25) is 5.13 Å². The molecule has 0 saturated heterocycles. The summed E-state index contributed by atoms with van der Waals surface area (Å²) in [6.45, 7) is 0. The van der Waals surface area contributed by atoms with Crippen molar-refractivity contribution in [3.63, 3.8) is 0 Å². The lowest BCUT2D eigenvalue weighted by Gasteiger charge is -2.05. The topological polar surface area (TPSA) is 107 Å².